The molecule has 8 unspecified atom stereocenters. The predicted octanol–water partition coefficient (Wildman–Crippen LogP) is -5.54. The van der Waals surface area contributed by atoms with Gasteiger partial charge in [0.2, 0.25) is 5.91 Å². The fraction of sp³-hybridized carbons (Fsp3) is 0.762. The Morgan fingerprint density at radius 2 is 1.73 bits per heavy atom. The highest BCUT2D eigenvalue weighted by atomic mass is 31.3. The van der Waals surface area contributed by atoms with E-state index in [-0.39, 0.29) is 6.42 Å². The van der Waals surface area contributed by atoms with E-state index in [1.54, 1.807) is 7.05 Å². The average molecular weight is 676 g/mol. The molecule has 0 aromatic carbocycles. The molecule has 11 atom stereocenters. The zero-order chi connectivity index (χ0) is 32.8. The van der Waals surface area contributed by atoms with Crippen LogP contribution in [0.25, 0.3) is 0 Å². The highest BCUT2D eigenvalue weighted by Gasteiger charge is 2.48. The third-order valence-electron chi connectivity index (χ3n) is 6.58. The molecule has 8 N–H and O–H groups in total. The van der Waals surface area contributed by atoms with Crippen LogP contribution in [0, 0.1) is 0 Å². The monoisotopic (exact) mass is 676 g/mol. The molecule has 2 aliphatic heterocycles. The van der Waals surface area contributed by atoms with Crippen LogP contribution in [0.1, 0.15) is 25.5 Å². The van der Waals surface area contributed by atoms with Crippen molar-refractivity contribution >= 4 is 21.6 Å². The van der Waals surface area contributed by atoms with E-state index in [4.69, 9.17) is 9.47 Å². The molecule has 23 heteroatoms. The van der Waals surface area contributed by atoms with E-state index in [9.17, 15) is 58.8 Å². The smallest absolute Gasteiger partial charge is 0.330 e. The normalized spacial score (nSPS) is 33.4. The molecule has 1 amide bonds. The molecule has 1 aromatic rings. The van der Waals surface area contributed by atoms with Crippen molar-refractivity contribution in [2.45, 2.75) is 74.4 Å². The number of phosphoric acid groups is 2. The van der Waals surface area contributed by atoms with E-state index in [1.165, 1.54) is 0 Å². The Morgan fingerprint density at radius 3 is 2.36 bits per heavy atom. The molecule has 0 radical (unpaired) electrons. The minimum absolute atomic E-state index is 0.0756. The molecule has 3 heterocycles. The highest BCUT2D eigenvalue weighted by molar-refractivity contribution is 7.59. The van der Waals surface area contributed by atoms with E-state index < -0.39 is 101 Å². The Bertz CT molecular complexity index is 1330. The van der Waals surface area contributed by atoms with Gasteiger partial charge in [0.1, 0.15) is 42.7 Å². The summed E-state index contributed by atoms with van der Waals surface area (Å²) in [4.78, 5) is 62.4. The zero-order valence-corrected chi connectivity index (χ0v) is 24.9. The summed E-state index contributed by atoms with van der Waals surface area (Å²) >= 11 is 0. The number of hydrogen-bond donors (Lipinski definition) is 8. The number of rotatable bonds is 15. The number of nitrogens with zero attached hydrogens (tertiary/aromatic N) is 1. The van der Waals surface area contributed by atoms with Crippen LogP contribution in [-0.2, 0) is 36.8 Å². The number of aliphatic hydroxyl groups excluding tert-OH is 5. The van der Waals surface area contributed by atoms with Gasteiger partial charge in [0.05, 0.1) is 13.2 Å². The van der Waals surface area contributed by atoms with Crippen LogP contribution < -0.4 is 31.7 Å². The summed E-state index contributed by atoms with van der Waals surface area (Å²) in [6.07, 6.45) is -12.6. The molecule has 21 nitrogen and oxygen atoms in total. The molecule has 0 aliphatic carbocycles. The summed E-state index contributed by atoms with van der Waals surface area (Å²) in [5.74, 6) is -0.698. The number of hydrogen-bond acceptors (Lipinski definition) is 18. The number of carbonyl (C=O) groups excluding carboxylic acids is 1. The van der Waals surface area contributed by atoms with Gasteiger partial charge < -0.3 is 60.0 Å². The lowest BCUT2D eigenvalue weighted by molar-refractivity contribution is -0.285. The summed E-state index contributed by atoms with van der Waals surface area (Å²) in [7, 11) is -10.1. The van der Waals surface area contributed by atoms with Crippen LogP contribution in [0.15, 0.2) is 21.9 Å². The van der Waals surface area contributed by atoms with Crippen LogP contribution in [0.2, 0.25) is 0 Å². The average Bonchev–Trinajstić information content (AvgIpc) is 3.22. The van der Waals surface area contributed by atoms with E-state index in [0.29, 0.717) is 24.0 Å². The maximum Gasteiger partial charge on any atom is 0.330 e. The molecule has 0 spiro atoms. The number of nitrogens with one attached hydrogen (secondary N) is 3. The molecule has 3 rings (SSSR count). The first kappa shape index (κ1) is 36.6. The van der Waals surface area contributed by atoms with Crippen LogP contribution >= 0.6 is 15.6 Å². The van der Waals surface area contributed by atoms with Crippen molar-refractivity contribution in [3.63, 3.8) is 0 Å². The number of carbonyl (C=O) groups is 1. The first-order chi connectivity index (χ1) is 20.6. The molecule has 2 aliphatic rings. The van der Waals surface area contributed by atoms with Crippen LogP contribution in [0.3, 0.4) is 0 Å². The second-order valence-electron chi connectivity index (χ2n) is 9.80. The zero-order valence-electron chi connectivity index (χ0n) is 23.1. The summed E-state index contributed by atoms with van der Waals surface area (Å²) < 4.78 is 49.1. The molecule has 2 saturated heterocycles. The van der Waals surface area contributed by atoms with Gasteiger partial charge in [-0.1, -0.05) is 0 Å². The Balaban J connectivity index is 1.64. The standard InChI is InChI=1S/C21H36N4O17P2/c1-22-6-3-2-4-12(27)23-14-17(31)15(29)10(8-26)40-20(14)41-44(36,37)42-43(34,35)38-9-11-16(30)18(32)19(39-11)25-7-5-13(28)24-21(25)33/h5,7,10-11,14-20,22,26,29-32H,2-4,6,8-9H2,1H3,(H,23,27)(H,34,35)(H,36,37)(H,24,28,33)/p-2/t10?,11?,14?,15-,16?,17+,18?,19?,20-/m0/s1. The van der Waals surface area contributed by atoms with Crippen molar-refractivity contribution in [2.24, 2.45) is 0 Å². The molecule has 252 valence electrons. The lowest BCUT2D eigenvalue weighted by atomic mass is 9.97. The SMILES string of the molecule is CNCCCCC(=O)NC1[C@H](OP(=O)([O-])OP(=O)([O-])OCC2OC(n3ccc(=O)[nH]c3=O)C(O)C2O)OC(CO)[C@H](O)[C@@H]1O. The molecular formula is C21H34N4O17P2-2. The van der Waals surface area contributed by atoms with Crippen molar-refractivity contribution in [2.75, 3.05) is 26.8 Å². The summed E-state index contributed by atoms with van der Waals surface area (Å²) in [6, 6.07) is -0.849. The third-order valence-corrected chi connectivity index (χ3v) is 9.11. The van der Waals surface area contributed by atoms with Gasteiger partial charge >= 0.3 is 5.69 Å². The minimum atomic E-state index is -5.98. The van der Waals surface area contributed by atoms with Crippen molar-refractivity contribution in [3.8, 4) is 0 Å². The number of ether oxygens (including phenoxy) is 2. The van der Waals surface area contributed by atoms with Crippen LogP contribution in [0.4, 0.5) is 0 Å². The Labute approximate surface area is 248 Å². The number of phosphoric ester groups is 2. The Morgan fingerprint density at radius 1 is 1.05 bits per heavy atom. The first-order valence-electron chi connectivity index (χ1n) is 13.1. The summed E-state index contributed by atoms with van der Waals surface area (Å²) in [6.45, 7) is -1.46. The largest absolute Gasteiger partial charge is 0.756 e. The van der Waals surface area contributed by atoms with Gasteiger partial charge in [-0.3, -0.25) is 32.8 Å². The van der Waals surface area contributed by atoms with Crippen LogP contribution in [0.5, 0.6) is 0 Å². The van der Waals surface area contributed by atoms with Gasteiger partial charge in [-0.25, -0.2) is 9.11 Å². The number of amides is 1. The fourth-order valence-corrected chi connectivity index (χ4v) is 6.44. The molecule has 0 bridgehead atoms. The lowest BCUT2D eigenvalue weighted by Crippen LogP contribution is -2.64. The van der Waals surface area contributed by atoms with Crippen molar-refractivity contribution in [3.05, 3.63) is 33.1 Å². The molecule has 44 heavy (non-hydrogen) atoms. The maximum atomic E-state index is 12.5. The maximum absolute atomic E-state index is 12.5. The molecule has 0 saturated carbocycles. The third kappa shape index (κ3) is 9.55. The molecular weight excluding hydrogens is 642 g/mol. The number of H-pyrrole nitrogens is 1. The van der Waals surface area contributed by atoms with Gasteiger partial charge in [-0.05, 0) is 26.4 Å². The number of unbranched alkanes of at least 4 members (excludes halogenated alkanes) is 1. The molecule has 2 fully saturated rings. The van der Waals surface area contributed by atoms with Gasteiger partial charge in [0, 0.05) is 18.7 Å². The van der Waals surface area contributed by atoms with Crippen molar-refractivity contribution in [1.29, 1.82) is 0 Å². The molecule has 1 aromatic heterocycles. The van der Waals surface area contributed by atoms with E-state index in [1.807, 2.05) is 4.98 Å². The summed E-state index contributed by atoms with van der Waals surface area (Å²) in [5.41, 5.74) is -1.79. The van der Waals surface area contributed by atoms with Gasteiger partial charge in [0.15, 0.2) is 12.5 Å². The van der Waals surface area contributed by atoms with Gasteiger partial charge in [-0.2, -0.15) is 0 Å². The van der Waals surface area contributed by atoms with Crippen molar-refractivity contribution < 1.29 is 72.1 Å². The van der Waals surface area contributed by atoms with Crippen molar-refractivity contribution in [1.82, 2.24) is 20.2 Å². The number of aliphatic hydroxyl groups is 5. The second kappa shape index (κ2) is 15.6. The Hall–Kier alpha value is -1.91. The second-order valence-corrected chi connectivity index (χ2v) is 12.7. The van der Waals surface area contributed by atoms with E-state index >= 15 is 0 Å². The van der Waals surface area contributed by atoms with E-state index in [0.717, 1.165) is 12.3 Å². The topological polar surface area (TPSA) is 324 Å². The van der Waals surface area contributed by atoms with Gasteiger partial charge in [0.25, 0.3) is 21.2 Å². The first-order valence-corrected chi connectivity index (χ1v) is 16.1. The predicted molar refractivity (Wildman–Crippen MR) is 138 cm³/mol. The Kier molecular flexibility index (Phi) is 13.0. The minimum Gasteiger partial charge on any atom is -0.756 e. The fourth-order valence-electron chi connectivity index (χ4n) is 4.35. The van der Waals surface area contributed by atoms with E-state index in [2.05, 4.69) is 24.0 Å². The lowest BCUT2D eigenvalue weighted by Gasteiger charge is -2.44. The highest BCUT2D eigenvalue weighted by Crippen LogP contribution is 2.57. The summed E-state index contributed by atoms with van der Waals surface area (Å²) in [5, 5.41) is 55.7. The van der Waals surface area contributed by atoms with Gasteiger partial charge in [-0.15, -0.1) is 0 Å². The van der Waals surface area contributed by atoms with Crippen LogP contribution in [-0.4, -0.2) is 117 Å². The number of aromatic nitrogens is 2. The number of aromatic amines is 1. The quantitative estimate of drug-likeness (QED) is 0.0634.